The number of carbonyl (C=O) groups excluding carboxylic acids is 1. The summed E-state index contributed by atoms with van der Waals surface area (Å²) in [7, 11) is 0. The molecule has 1 aliphatic heterocycles. The van der Waals surface area contributed by atoms with E-state index in [-0.39, 0.29) is 12.1 Å². The molecule has 0 radical (unpaired) electrons. The van der Waals surface area contributed by atoms with Crippen molar-refractivity contribution in [1.82, 2.24) is 9.88 Å². The van der Waals surface area contributed by atoms with Crippen molar-refractivity contribution in [3.8, 4) is 0 Å². The van der Waals surface area contributed by atoms with E-state index in [1.54, 1.807) is 22.4 Å². The lowest BCUT2D eigenvalue weighted by Gasteiger charge is -2.25. The normalized spacial score (nSPS) is 21.0. The Kier molecular flexibility index (Phi) is 4.65. The zero-order valence-corrected chi connectivity index (χ0v) is 13.2. The van der Waals surface area contributed by atoms with Gasteiger partial charge in [0.15, 0.2) is 0 Å². The molecule has 0 aromatic carbocycles. The molecule has 1 aliphatic rings. The van der Waals surface area contributed by atoms with Gasteiger partial charge in [-0.05, 0) is 33.1 Å². The lowest BCUT2D eigenvalue weighted by atomic mass is 9.97. The summed E-state index contributed by atoms with van der Waals surface area (Å²) in [5, 5.41) is 3.03. The summed E-state index contributed by atoms with van der Waals surface area (Å²) < 4.78 is 5.39. The van der Waals surface area contributed by atoms with E-state index in [1.807, 2.05) is 26.2 Å². The lowest BCUT2D eigenvalue weighted by molar-refractivity contribution is 0.0286. The van der Waals surface area contributed by atoms with Crippen molar-refractivity contribution in [2.24, 2.45) is 11.7 Å². The third-order valence-corrected chi connectivity index (χ3v) is 4.18. The molecule has 0 saturated carbocycles. The molecule has 1 fully saturated rings. The SMILES string of the molecule is CC(C)(C)OC(=O)N1CCC(C(N)Cc2nccs2)C1. The van der Waals surface area contributed by atoms with Gasteiger partial charge in [0.2, 0.25) is 0 Å². The Bertz CT molecular complexity index is 442. The summed E-state index contributed by atoms with van der Waals surface area (Å²) >= 11 is 1.63. The molecule has 0 bridgehead atoms. The van der Waals surface area contributed by atoms with Crippen molar-refractivity contribution in [3.63, 3.8) is 0 Å². The van der Waals surface area contributed by atoms with Crippen LogP contribution in [0.15, 0.2) is 11.6 Å². The summed E-state index contributed by atoms with van der Waals surface area (Å²) in [6.07, 6.45) is 3.28. The number of likely N-dealkylation sites (tertiary alicyclic amines) is 1. The number of amides is 1. The minimum atomic E-state index is -0.446. The summed E-state index contributed by atoms with van der Waals surface area (Å²) in [6, 6.07) is 0.0496. The number of ether oxygens (including phenoxy) is 1. The van der Waals surface area contributed by atoms with Gasteiger partial charge in [0.1, 0.15) is 5.60 Å². The monoisotopic (exact) mass is 297 g/mol. The highest BCUT2D eigenvalue weighted by molar-refractivity contribution is 7.09. The first-order valence-corrected chi connectivity index (χ1v) is 7.85. The van der Waals surface area contributed by atoms with Crippen LogP contribution >= 0.6 is 11.3 Å². The van der Waals surface area contributed by atoms with Crippen LogP contribution in [-0.2, 0) is 11.2 Å². The zero-order chi connectivity index (χ0) is 14.8. The Labute approximate surface area is 124 Å². The van der Waals surface area contributed by atoms with E-state index < -0.39 is 5.60 Å². The molecule has 2 heterocycles. The Morgan fingerprint density at radius 3 is 3.00 bits per heavy atom. The highest BCUT2D eigenvalue weighted by Crippen LogP contribution is 2.23. The maximum absolute atomic E-state index is 12.0. The van der Waals surface area contributed by atoms with Crippen molar-refractivity contribution in [1.29, 1.82) is 0 Å². The fourth-order valence-electron chi connectivity index (χ4n) is 2.35. The van der Waals surface area contributed by atoms with Crippen molar-refractivity contribution < 1.29 is 9.53 Å². The molecular formula is C14H23N3O2S. The van der Waals surface area contributed by atoms with Crippen LogP contribution in [-0.4, -0.2) is 40.7 Å². The minimum absolute atomic E-state index is 0.0496. The molecule has 112 valence electrons. The van der Waals surface area contributed by atoms with Gasteiger partial charge in [0.25, 0.3) is 0 Å². The van der Waals surface area contributed by atoms with Crippen LogP contribution in [0.25, 0.3) is 0 Å². The fraction of sp³-hybridized carbons (Fsp3) is 0.714. The largest absolute Gasteiger partial charge is 0.444 e. The molecule has 20 heavy (non-hydrogen) atoms. The number of aromatic nitrogens is 1. The van der Waals surface area contributed by atoms with Crippen LogP contribution in [0.3, 0.4) is 0 Å². The predicted octanol–water partition coefficient (Wildman–Crippen LogP) is 2.27. The molecule has 0 aliphatic carbocycles. The number of hydrogen-bond donors (Lipinski definition) is 1. The van der Waals surface area contributed by atoms with Gasteiger partial charge in [-0.25, -0.2) is 9.78 Å². The van der Waals surface area contributed by atoms with E-state index in [0.29, 0.717) is 12.5 Å². The first-order valence-electron chi connectivity index (χ1n) is 6.97. The summed E-state index contributed by atoms with van der Waals surface area (Å²) in [5.74, 6) is 0.325. The molecule has 1 saturated heterocycles. The molecule has 0 spiro atoms. The third kappa shape index (κ3) is 4.18. The van der Waals surface area contributed by atoms with Gasteiger partial charge in [-0.15, -0.1) is 11.3 Å². The van der Waals surface area contributed by atoms with Crippen molar-refractivity contribution in [2.45, 2.75) is 45.3 Å². The Morgan fingerprint density at radius 1 is 1.65 bits per heavy atom. The molecule has 2 N–H and O–H groups in total. The Morgan fingerprint density at radius 2 is 2.40 bits per heavy atom. The lowest BCUT2D eigenvalue weighted by Crippen LogP contribution is -2.38. The van der Waals surface area contributed by atoms with E-state index in [9.17, 15) is 4.79 Å². The first kappa shape index (κ1) is 15.3. The number of nitrogens with two attached hydrogens (primary N) is 1. The number of nitrogens with zero attached hydrogens (tertiary/aromatic N) is 2. The van der Waals surface area contributed by atoms with Gasteiger partial charge in [-0.2, -0.15) is 0 Å². The highest BCUT2D eigenvalue weighted by Gasteiger charge is 2.32. The van der Waals surface area contributed by atoms with Crippen molar-refractivity contribution in [2.75, 3.05) is 13.1 Å². The number of rotatable bonds is 3. The summed E-state index contributed by atoms with van der Waals surface area (Å²) in [4.78, 5) is 18.0. The molecule has 1 aromatic rings. The Balaban J connectivity index is 1.84. The van der Waals surface area contributed by atoms with Crippen LogP contribution in [0.1, 0.15) is 32.2 Å². The van der Waals surface area contributed by atoms with E-state index in [1.165, 1.54) is 0 Å². The van der Waals surface area contributed by atoms with Crippen molar-refractivity contribution in [3.05, 3.63) is 16.6 Å². The third-order valence-electron chi connectivity index (χ3n) is 3.38. The van der Waals surface area contributed by atoms with Gasteiger partial charge < -0.3 is 15.4 Å². The maximum atomic E-state index is 12.0. The maximum Gasteiger partial charge on any atom is 0.410 e. The van der Waals surface area contributed by atoms with Crippen LogP contribution in [0.5, 0.6) is 0 Å². The smallest absolute Gasteiger partial charge is 0.410 e. The van der Waals surface area contributed by atoms with Crippen LogP contribution in [0, 0.1) is 5.92 Å². The second-order valence-corrected chi connectivity index (χ2v) is 7.25. The molecular weight excluding hydrogens is 274 g/mol. The standard InChI is InChI=1S/C14H23N3O2S/c1-14(2,3)19-13(18)17-6-4-10(9-17)11(15)8-12-16-5-7-20-12/h5,7,10-11H,4,6,8-9,15H2,1-3H3. The number of hydrogen-bond acceptors (Lipinski definition) is 5. The second-order valence-electron chi connectivity index (χ2n) is 6.27. The molecule has 2 atom stereocenters. The highest BCUT2D eigenvalue weighted by atomic mass is 32.1. The molecule has 5 nitrogen and oxygen atoms in total. The van der Waals surface area contributed by atoms with E-state index >= 15 is 0 Å². The van der Waals surface area contributed by atoms with E-state index in [4.69, 9.17) is 10.5 Å². The number of thiazole rings is 1. The number of carbonyl (C=O) groups is 1. The van der Waals surface area contributed by atoms with Crippen LogP contribution in [0.2, 0.25) is 0 Å². The first-order chi connectivity index (χ1) is 9.35. The van der Waals surface area contributed by atoms with E-state index in [2.05, 4.69) is 4.98 Å². The van der Waals surface area contributed by atoms with Gasteiger partial charge in [-0.1, -0.05) is 0 Å². The topological polar surface area (TPSA) is 68.5 Å². The second kappa shape index (κ2) is 6.10. The van der Waals surface area contributed by atoms with Gasteiger partial charge in [0, 0.05) is 37.1 Å². The molecule has 1 aromatic heterocycles. The molecule has 2 rings (SSSR count). The molecule has 2 unspecified atom stereocenters. The Hall–Kier alpha value is -1.14. The van der Waals surface area contributed by atoms with Crippen LogP contribution in [0.4, 0.5) is 4.79 Å². The quantitative estimate of drug-likeness (QED) is 0.929. The van der Waals surface area contributed by atoms with Gasteiger partial charge in [0.05, 0.1) is 5.01 Å². The average Bonchev–Trinajstić information content (AvgIpc) is 2.96. The van der Waals surface area contributed by atoms with E-state index in [0.717, 1.165) is 24.4 Å². The van der Waals surface area contributed by atoms with Crippen LogP contribution < -0.4 is 5.73 Å². The van der Waals surface area contributed by atoms with Gasteiger partial charge in [-0.3, -0.25) is 0 Å². The fourth-order valence-corrected chi connectivity index (χ4v) is 3.04. The molecule has 6 heteroatoms. The zero-order valence-electron chi connectivity index (χ0n) is 12.3. The average molecular weight is 297 g/mol. The predicted molar refractivity (Wildman–Crippen MR) is 79.7 cm³/mol. The van der Waals surface area contributed by atoms with Gasteiger partial charge >= 0.3 is 6.09 Å². The van der Waals surface area contributed by atoms with Crippen molar-refractivity contribution >= 4 is 17.4 Å². The summed E-state index contributed by atoms with van der Waals surface area (Å²) in [6.45, 7) is 7.05. The molecule has 1 amide bonds. The summed E-state index contributed by atoms with van der Waals surface area (Å²) in [5.41, 5.74) is 5.80. The minimum Gasteiger partial charge on any atom is -0.444 e.